The van der Waals surface area contributed by atoms with Gasteiger partial charge in [0.25, 0.3) is 5.91 Å². The van der Waals surface area contributed by atoms with Crippen LogP contribution >= 0.6 is 0 Å². The summed E-state index contributed by atoms with van der Waals surface area (Å²) < 4.78 is 29.2. The van der Waals surface area contributed by atoms with Gasteiger partial charge in [0.05, 0.1) is 16.3 Å². The highest BCUT2D eigenvalue weighted by molar-refractivity contribution is 7.91. The third kappa shape index (κ3) is 4.73. The van der Waals surface area contributed by atoms with E-state index in [4.69, 9.17) is 4.74 Å². The van der Waals surface area contributed by atoms with Gasteiger partial charge in [-0.15, -0.1) is 0 Å². The maximum atomic E-state index is 12.0. The first kappa shape index (κ1) is 18.8. The smallest absolute Gasteiger partial charge is 0.262 e. The van der Waals surface area contributed by atoms with Crippen molar-refractivity contribution in [1.29, 1.82) is 0 Å². The van der Waals surface area contributed by atoms with Crippen LogP contribution in [0.2, 0.25) is 0 Å². The first-order valence-corrected chi connectivity index (χ1v) is 9.44. The van der Waals surface area contributed by atoms with Crippen LogP contribution in [0.1, 0.15) is 18.1 Å². The summed E-state index contributed by atoms with van der Waals surface area (Å²) in [5, 5.41) is 12.3. The Kier molecular flexibility index (Phi) is 5.69. The van der Waals surface area contributed by atoms with Gasteiger partial charge < -0.3 is 15.2 Å². The second kappa shape index (κ2) is 7.57. The Morgan fingerprint density at radius 3 is 2.48 bits per heavy atom. The van der Waals surface area contributed by atoms with E-state index in [1.165, 1.54) is 25.1 Å². The van der Waals surface area contributed by atoms with Crippen LogP contribution in [0, 0.1) is 13.8 Å². The highest BCUT2D eigenvalue weighted by atomic mass is 32.2. The zero-order valence-corrected chi connectivity index (χ0v) is 15.2. The van der Waals surface area contributed by atoms with E-state index < -0.39 is 15.7 Å². The first-order chi connectivity index (χ1) is 11.7. The van der Waals surface area contributed by atoms with Crippen molar-refractivity contribution in [1.82, 2.24) is 0 Å². The zero-order valence-electron chi connectivity index (χ0n) is 14.4. The molecule has 2 aromatic carbocycles. The lowest BCUT2D eigenvalue weighted by atomic mass is 10.1. The lowest BCUT2D eigenvalue weighted by molar-refractivity contribution is -0.118. The average molecular weight is 363 g/mol. The third-order valence-electron chi connectivity index (χ3n) is 3.83. The van der Waals surface area contributed by atoms with Crippen molar-refractivity contribution in [2.24, 2.45) is 0 Å². The molecule has 25 heavy (non-hydrogen) atoms. The molecule has 2 rings (SSSR count). The molecule has 0 atom stereocenters. The molecular formula is C18H21NO5S. The van der Waals surface area contributed by atoms with E-state index in [0.29, 0.717) is 5.75 Å². The van der Waals surface area contributed by atoms with Crippen LogP contribution in [0.15, 0.2) is 41.3 Å². The highest BCUT2D eigenvalue weighted by Gasteiger charge is 2.15. The summed E-state index contributed by atoms with van der Waals surface area (Å²) in [6, 6.07) is 9.27. The number of hydrogen-bond acceptors (Lipinski definition) is 5. The number of ether oxygens (including phenoxy) is 1. The highest BCUT2D eigenvalue weighted by Crippen LogP contribution is 2.27. The molecule has 0 saturated carbocycles. The van der Waals surface area contributed by atoms with Crippen LogP contribution in [-0.2, 0) is 14.6 Å². The topological polar surface area (TPSA) is 92.7 Å². The van der Waals surface area contributed by atoms with Gasteiger partial charge in [0, 0.05) is 0 Å². The lowest BCUT2D eigenvalue weighted by Gasteiger charge is -2.11. The van der Waals surface area contributed by atoms with E-state index in [1.54, 1.807) is 6.07 Å². The fourth-order valence-corrected chi connectivity index (χ4v) is 3.02. The van der Waals surface area contributed by atoms with Crippen molar-refractivity contribution >= 4 is 21.4 Å². The number of phenolic OH excluding ortho intramolecular Hbond substituents is 1. The second-order valence-corrected chi connectivity index (χ2v) is 7.94. The Morgan fingerprint density at radius 1 is 1.12 bits per heavy atom. The zero-order chi connectivity index (χ0) is 18.6. The third-order valence-corrected chi connectivity index (χ3v) is 5.56. The van der Waals surface area contributed by atoms with E-state index in [1.807, 2.05) is 26.0 Å². The van der Waals surface area contributed by atoms with Crippen LogP contribution in [0.5, 0.6) is 11.5 Å². The largest absolute Gasteiger partial charge is 0.506 e. The molecule has 7 heteroatoms. The van der Waals surface area contributed by atoms with Crippen molar-refractivity contribution in [3.05, 3.63) is 47.5 Å². The number of sulfone groups is 1. The average Bonchev–Trinajstić information content (AvgIpc) is 2.57. The predicted molar refractivity (Wildman–Crippen MR) is 95.9 cm³/mol. The molecule has 0 aromatic heterocycles. The number of carbonyl (C=O) groups excluding carboxylic acids is 1. The van der Waals surface area contributed by atoms with Gasteiger partial charge in [-0.25, -0.2) is 8.42 Å². The molecule has 1 amide bonds. The van der Waals surface area contributed by atoms with Crippen LogP contribution in [0.25, 0.3) is 0 Å². The van der Waals surface area contributed by atoms with Crippen molar-refractivity contribution in [3.63, 3.8) is 0 Å². The van der Waals surface area contributed by atoms with Gasteiger partial charge in [-0.05, 0) is 55.3 Å². The molecule has 0 unspecified atom stereocenters. The molecule has 0 saturated heterocycles. The number of aryl methyl sites for hydroxylation is 2. The van der Waals surface area contributed by atoms with E-state index in [-0.39, 0.29) is 28.7 Å². The SMILES string of the molecule is CCS(=O)(=O)c1ccc(O)c(NC(=O)COc2ccc(C)c(C)c2)c1. The fourth-order valence-electron chi connectivity index (χ4n) is 2.11. The minimum Gasteiger partial charge on any atom is -0.506 e. The van der Waals surface area contributed by atoms with Gasteiger partial charge in [-0.2, -0.15) is 0 Å². The van der Waals surface area contributed by atoms with Crippen molar-refractivity contribution in [2.45, 2.75) is 25.7 Å². The summed E-state index contributed by atoms with van der Waals surface area (Å²) in [7, 11) is -3.43. The summed E-state index contributed by atoms with van der Waals surface area (Å²) in [5.74, 6) is -0.222. The van der Waals surface area contributed by atoms with Gasteiger partial charge in [0.1, 0.15) is 11.5 Å². The van der Waals surface area contributed by atoms with Crippen LogP contribution < -0.4 is 10.1 Å². The Bertz CT molecular complexity index is 890. The molecule has 0 aliphatic rings. The fraction of sp³-hybridized carbons (Fsp3) is 0.278. The van der Waals surface area contributed by atoms with E-state index in [9.17, 15) is 18.3 Å². The number of aromatic hydroxyl groups is 1. The molecule has 0 radical (unpaired) electrons. The number of anilines is 1. The maximum absolute atomic E-state index is 12.0. The number of benzene rings is 2. The second-order valence-electron chi connectivity index (χ2n) is 5.67. The lowest BCUT2D eigenvalue weighted by Crippen LogP contribution is -2.20. The Hall–Kier alpha value is -2.54. The molecule has 2 aromatic rings. The normalized spacial score (nSPS) is 11.2. The van der Waals surface area contributed by atoms with Gasteiger partial charge in [-0.1, -0.05) is 13.0 Å². The number of carbonyl (C=O) groups is 1. The molecule has 134 valence electrons. The number of phenols is 1. The summed E-state index contributed by atoms with van der Waals surface area (Å²) in [6.45, 7) is 5.19. The van der Waals surface area contributed by atoms with E-state index in [2.05, 4.69) is 5.32 Å². The number of hydrogen-bond donors (Lipinski definition) is 2. The van der Waals surface area contributed by atoms with Crippen LogP contribution in [0.4, 0.5) is 5.69 Å². The number of amides is 1. The first-order valence-electron chi connectivity index (χ1n) is 7.78. The maximum Gasteiger partial charge on any atom is 0.262 e. The number of rotatable bonds is 6. The van der Waals surface area contributed by atoms with Gasteiger partial charge in [0.2, 0.25) is 0 Å². The van der Waals surface area contributed by atoms with Crippen molar-refractivity contribution in [3.8, 4) is 11.5 Å². The molecule has 0 bridgehead atoms. The standard InChI is InChI=1S/C18H21NO5S/c1-4-25(22,23)15-7-8-17(20)16(10-15)19-18(21)11-24-14-6-5-12(2)13(3)9-14/h5-10,20H,4,11H2,1-3H3,(H,19,21). The Labute approximate surface area is 147 Å². The molecule has 6 nitrogen and oxygen atoms in total. The molecule has 0 fully saturated rings. The molecular weight excluding hydrogens is 342 g/mol. The summed E-state index contributed by atoms with van der Waals surface area (Å²) in [5.41, 5.74) is 2.20. The summed E-state index contributed by atoms with van der Waals surface area (Å²) >= 11 is 0. The van der Waals surface area contributed by atoms with Gasteiger partial charge in [-0.3, -0.25) is 4.79 Å². The number of nitrogens with one attached hydrogen (secondary N) is 1. The minimum atomic E-state index is -3.43. The van der Waals surface area contributed by atoms with Gasteiger partial charge >= 0.3 is 0 Å². The Morgan fingerprint density at radius 2 is 1.84 bits per heavy atom. The van der Waals surface area contributed by atoms with E-state index in [0.717, 1.165) is 11.1 Å². The molecule has 0 aliphatic heterocycles. The van der Waals surface area contributed by atoms with Crippen LogP contribution in [-0.4, -0.2) is 31.8 Å². The van der Waals surface area contributed by atoms with Gasteiger partial charge in [0.15, 0.2) is 16.4 Å². The van der Waals surface area contributed by atoms with Crippen molar-refractivity contribution in [2.75, 3.05) is 17.7 Å². The van der Waals surface area contributed by atoms with E-state index >= 15 is 0 Å². The molecule has 0 aliphatic carbocycles. The molecule has 0 heterocycles. The summed E-state index contributed by atoms with van der Waals surface area (Å²) in [4.78, 5) is 12.1. The predicted octanol–water partition coefficient (Wildman–Crippen LogP) is 2.82. The van der Waals surface area contributed by atoms with Crippen LogP contribution in [0.3, 0.4) is 0 Å². The Balaban J connectivity index is 2.07. The monoisotopic (exact) mass is 363 g/mol. The summed E-state index contributed by atoms with van der Waals surface area (Å²) in [6.07, 6.45) is 0. The molecule has 2 N–H and O–H groups in total. The van der Waals surface area contributed by atoms with Crippen molar-refractivity contribution < 1.29 is 23.1 Å². The molecule has 0 spiro atoms. The quantitative estimate of drug-likeness (QED) is 0.770. The minimum absolute atomic E-state index is 0.0308.